The number of nitrogens with zero attached hydrogens (tertiary/aromatic N) is 2. The number of pyridine rings is 1. The molecule has 0 radical (unpaired) electrons. The summed E-state index contributed by atoms with van der Waals surface area (Å²) in [5.41, 5.74) is -15.2. The van der Waals surface area contributed by atoms with E-state index in [2.05, 4.69) is 0 Å². The number of aromatic carboxylic acids is 1. The van der Waals surface area contributed by atoms with Crippen LogP contribution in [0.5, 0.6) is 0 Å². The van der Waals surface area contributed by atoms with Crippen molar-refractivity contribution in [3.8, 4) is 0 Å². The number of halogens is 7. The van der Waals surface area contributed by atoms with Crippen molar-refractivity contribution >= 4 is 42.6 Å². The highest BCUT2D eigenvalue weighted by atomic mass is 32.2. The van der Waals surface area contributed by atoms with Gasteiger partial charge in [0.25, 0.3) is 0 Å². The average Bonchev–Trinajstić information content (AvgIpc) is 3.57. The predicted molar refractivity (Wildman–Crippen MR) is 113 cm³/mol. The number of fused-ring (bicyclic) bond motifs is 1. The predicted octanol–water partition coefficient (Wildman–Crippen LogP) is 2.66. The van der Waals surface area contributed by atoms with Crippen LogP contribution in [0.1, 0.15) is 35.7 Å². The minimum atomic E-state index is -6.36. The lowest BCUT2D eigenvalue weighted by Crippen LogP contribution is -2.43. The minimum absolute atomic E-state index is 0.283. The van der Waals surface area contributed by atoms with Crippen LogP contribution in [0.2, 0.25) is 0 Å². The van der Waals surface area contributed by atoms with Gasteiger partial charge in [-0.2, -0.15) is 34.8 Å². The summed E-state index contributed by atoms with van der Waals surface area (Å²) in [7, 11) is -12.2. The summed E-state index contributed by atoms with van der Waals surface area (Å²) in [6, 6.07) is 0.534. The number of sulfonamides is 2. The first kappa shape index (κ1) is 28.6. The molecule has 2 N–H and O–H groups in total. The maximum Gasteiger partial charge on any atom is 0.516 e. The Kier molecular flexibility index (Phi) is 7.30. The van der Waals surface area contributed by atoms with E-state index in [4.69, 9.17) is 0 Å². The molecule has 0 amide bonds. The van der Waals surface area contributed by atoms with Gasteiger partial charge in [0.15, 0.2) is 0 Å². The molecule has 1 aliphatic carbocycles. The van der Waals surface area contributed by atoms with Crippen LogP contribution >= 0.6 is 0 Å². The monoisotopic (exact) mass is 583 g/mol. The fraction of sp³-hybridized carbons (Fsp3) is 0.444. The van der Waals surface area contributed by atoms with Gasteiger partial charge in [0.1, 0.15) is 11.4 Å². The first-order valence-electron chi connectivity index (χ1n) is 10.1. The Labute approximate surface area is 203 Å². The number of hydrogen-bond acceptors (Lipinski definition) is 6. The third kappa shape index (κ3) is 5.52. The van der Waals surface area contributed by atoms with E-state index in [1.807, 2.05) is 0 Å². The summed E-state index contributed by atoms with van der Waals surface area (Å²) in [5.74, 6) is -3.34. The molecular weight excluding hydrogens is 567 g/mol. The van der Waals surface area contributed by atoms with Gasteiger partial charge in [0, 0.05) is 30.7 Å². The molecule has 1 heterocycles. The van der Waals surface area contributed by atoms with Crippen molar-refractivity contribution < 1.29 is 57.5 Å². The summed E-state index contributed by atoms with van der Waals surface area (Å²) >= 11 is 0. The second-order valence-corrected chi connectivity index (χ2v) is 11.5. The Balaban J connectivity index is 2.11. The Morgan fingerprint density at radius 1 is 1.08 bits per heavy atom. The van der Waals surface area contributed by atoms with Crippen molar-refractivity contribution in [3.63, 3.8) is 0 Å². The Morgan fingerprint density at radius 3 is 2.16 bits per heavy atom. The molecule has 0 bridgehead atoms. The number of anilines is 1. The fourth-order valence-corrected chi connectivity index (χ4v) is 4.96. The zero-order chi connectivity index (χ0) is 28.1. The van der Waals surface area contributed by atoms with Gasteiger partial charge in [-0.3, -0.25) is 9.10 Å². The molecule has 0 atom stereocenters. The standard InChI is InChI=1S/C18H16F7N3O7S2/c19-12-6-10-13(27(9-2-3-9)8-11(15(10)29)16(30)31)7-14(12)28(37(34,35)18(23,24)25)5-1-4-26-36(32,33)17(20,21)22/h6-9,26H,1-5H2,(H,30,31). The number of aromatic nitrogens is 1. The zero-order valence-corrected chi connectivity index (χ0v) is 19.7. The number of carboxylic acids is 1. The van der Waals surface area contributed by atoms with Crippen LogP contribution in [-0.2, 0) is 20.0 Å². The summed E-state index contributed by atoms with van der Waals surface area (Å²) in [6.07, 6.45) is 0.873. The van der Waals surface area contributed by atoms with Gasteiger partial charge in [0.2, 0.25) is 5.43 Å². The number of carbonyl (C=O) groups is 1. The van der Waals surface area contributed by atoms with E-state index in [9.17, 15) is 62.3 Å². The smallest absolute Gasteiger partial charge is 0.477 e. The van der Waals surface area contributed by atoms with Crippen LogP contribution < -0.4 is 14.5 Å². The third-order valence-corrected chi connectivity index (χ3v) is 8.00. The van der Waals surface area contributed by atoms with Crippen LogP contribution in [0.3, 0.4) is 0 Å². The van der Waals surface area contributed by atoms with Gasteiger partial charge < -0.3 is 9.67 Å². The van der Waals surface area contributed by atoms with Gasteiger partial charge in [-0.15, -0.1) is 0 Å². The highest BCUT2D eigenvalue weighted by molar-refractivity contribution is 7.93. The van der Waals surface area contributed by atoms with Crippen LogP contribution in [0.15, 0.2) is 23.1 Å². The second-order valence-electron chi connectivity index (χ2n) is 7.86. The lowest BCUT2D eigenvalue weighted by molar-refractivity contribution is -0.0449. The average molecular weight is 583 g/mol. The summed E-state index contributed by atoms with van der Waals surface area (Å²) < 4.78 is 141. The van der Waals surface area contributed by atoms with Crippen molar-refractivity contribution in [2.75, 3.05) is 17.4 Å². The van der Waals surface area contributed by atoms with Crippen LogP contribution in [0.25, 0.3) is 10.9 Å². The van der Waals surface area contributed by atoms with Crippen molar-refractivity contribution in [2.24, 2.45) is 0 Å². The maximum absolute atomic E-state index is 15.0. The maximum atomic E-state index is 15.0. The molecule has 0 saturated heterocycles. The van der Waals surface area contributed by atoms with Crippen molar-refractivity contribution in [3.05, 3.63) is 39.9 Å². The SMILES string of the molecule is O=C(O)c1cn(C2CC2)c2cc(N(CCCNS(=O)(=O)C(F)(F)F)S(=O)(=O)C(F)(F)F)c(F)cc2c1=O. The van der Waals surface area contributed by atoms with Gasteiger partial charge >= 0.3 is 37.0 Å². The molecule has 1 aromatic heterocycles. The zero-order valence-electron chi connectivity index (χ0n) is 18.1. The number of nitrogens with one attached hydrogen (secondary N) is 1. The second kappa shape index (κ2) is 9.43. The van der Waals surface area contributed by atoms with Crippen LogP contribution in [0.4, 0.5) is 36.4 Å². The number of hydrogen-bond donors (Lipinski definition) is 2. The number of alkyl halides is 6. The lowest BCUT2D eigenvalue weighted by atomic mass is 10.1. The van der Waals surface area contributed by atoms with Gasteiger partial charge in [-0.25, -0.2) is 22.3 Å². The van der Waals surface area contributed by atoms with Crippen LogP contribution in [-0.4, -0.2) is 56.6 Å². The van der Waals surface area contributed by atoms with E-state index in [1.165, 1.54) is 4.57 Å². The normalized spacial score (nSPS) is 15.2. The third-order valence-electron chi connectivity index (χ3n) is 5.26. The van der Waals surface area contributed by atoms with Gasteiger partial charge in [-0.1, -0.05) is 0 Å². The van der Waals surface area contributed by atoms with E-state index in [0.29, 0.717) is 25.0 Å². The van der Waals surface area contributed by atoms with E-state index in [1.54, 1.807) is 0 Å². The molecule has 3 rings (SSSR count). The number of rotatable bonds is 9. The Morgan fingerprint density at radius 2 is 1.68 bits per heavy atom. The molecule has 37 heavy (non-hydrogen) atoms. The molecule has 206 valence electrons. The highest BCUT2D eigenvalue weighted by Crippen LogP contribution is 2.39. The van der Waals surface area contributed by atoms with Gasteiger partial charge in [0.05, 0.1) is 11.2 Å². The molecule has 1 saturated carbocycles. The van der Waals surface area contributed by atoms with E-state index < -0.39 is 94.8 Å². The largest absolute Gasteiger partial charge is 0.516 e. The molecule has 1 aromatic carbocycles. The highest BCUT2D eigenvalue weighted by Gasteiger charge is 2.51. The molecule has 0 spiro atoms. The summed E-state index contributed by atoms with van der Waals surface area (Å²) in [4.78, 5) is 23.9. The Bertz CT molecular complexity index is 1510. The van der Waals surface area contributed by atoms with E-state index in [-0.39, 0.29) is 5.52 Å². The molecule has 0 unspecified atom stereocenters. The van der Waals surface area contributed by atoms with Crippen molar-refractivity contribution in [1.82, 2.24) is 9.29 Å². The molecule has 1 fully saturated rings. The Hall–Kier alpha value is -2.93. The number of carboxylic acid groups (broad SMARTS) is 1. The molecule has 0 aliphatic heterocycles. The quantitative estimate of drug-likeness (QED) is 0.341. The van der Waals surface area contributed by atoms with Crippen molar-refractivity contribution in [1.29, 1.82) is 0 Å². The first-order chi connectivity index (χ1) is 16.8. The molecule has 2 aromatic rings. The van der Waals surface area contributed by atoms with Crippen molar-refractivity contribution in [2.45, 2.75) is 36.3 Å². The van der Waals surface area contributed by atoms with E-state index >= 15 is 0 Å². The fourth-order valence-electron chi connectivity index (χ4n) is 3.36. The molecular formula is C18H16F7N3O7S2. The summed E-state index contributed by atoms with van der Waals surface area (Å²) in [6.45, 7) is -2.47. The van der Waals surface area contributed by atoms with E-state index in [0.717, 1.165) is 10.9 Å². The lowest BCUT2D eigenvalue weighted by Gasteiger charge is -2.26. The topological polar surface area (TPSA) is 143 Å². The number of benzene rings is 1. The molecule has 10 nitrogen and oxygen atoms in total. The van der Waals surface area contributed by atoms with Crippen LogP contribution in [0, 0.1) is 5.82 Å². The first-order valence-corrected chi connectivity index (χ1v) is 13.0. The molecule has 19 heteroatoms. The van der Waals surface area contributed by atoms with Gasteiger partial charge in [-0.05, 0) is 31.4 Å². The summed E-state index contributed by atoms with van der Waals surface area (Å²) in [5, 5.41) is 8.69. The minimum Gasteiger partial charge on any atom is -0.477 e. The molecule has 1 aliphatic rings.